The van der Waals surface area contributed by atoms with Crippen molar-refractivity contribution >= 4 is 0 Å². The molecule has 1 aromatic rings. The summed E-state index contributed by atoms with van der Waals surface area (Å²) in [5.74, 6) is 0.605. The molecule has 0 fully saturated rings. The Morgan fingerprint density at radius 1 is 1.47 bits per heavy atom. The molecule has 84 valence electrons. The van der Waals surface area contributed by atoms with E-state index in [0.717, 1.165) is 5.56 Å². The zero-order valence-corrected chi connectivity index (χ0v) is 8.81. The Balaban J connectivity index is 2.74. The van der Waals surface area contributed by atoms with Gasteiger partial charge in [-0.2, -0.15) is 0 Å². The largest absolute Gasteiger partial charge is 0.504 e. The third kappa shape index (κ3) is 3.11. The van der Waals surface area contributed by atoms with E-state index in [4.69, 9.17) is 15.6 Å². The predicted molar refractivity (Wildman–Crippen MR) is 58.0 cm³/mol. The van der Waals surface area contributed by atoms with Crippen molar-refractivity contribution in [3.8, 4) is 11.5 Å². The van der Waals surface area contributed by atoms with Crippen LogP contribution in [0.3, 0.4) is 0 Å². The summed E-state index contributed by atoms with van der Waals surface area (Å²) in [5, 5.41) is 18.5. The van der Waals surface area contributed by atoms with Gasteiger partial charge in [-0.1, -0.05) is 6.07 Å². The Labute approximate surface area is 89.3 Å². The number of ether oxygens (including phenoxy) is 1. The van der Waals surface area contributed by atoms with Crippen LogP contribution in [0.4, 0.5) is 0 Å². The number of nitrogens with two attached hydrogens (primary N) is 1. The van der Waals surface area contributed by atoms with Gasteiger partial charge in [-0.05, 0) is 36.6 Å². The summed E-state index contributed by atoms with van der Waals surface area (Å²) in [7, 11) is 1.51. The molecule has 0 spiro atoms. The van der Waals surface area contributed by atoms with Gasteiger partial charge >= 0.3 is 0 Å². The Morgan fingerprint density at radius 3 is 2.67 bits per heavy atom. The van der Waals surface area contributed by atoms with Gasteiger partial charge in [-0.25, -0.2) is 0 Å². The second-order valence-electron chi connectivity index (χ2n) is 3.49. The van der Waals surface area contributed by atoms with Crippen LogP contribution in [-0.4, -0.2) is 30.5 Å². The lowest BCUT2D eigenvalue weighted by Gasteiger charge is -2.12. The first-order valence-electron chi connectivity index (χ1n) is 4.88. The number of hydrogen-bond donors (Lipinski definition) is 3. The van der Waals surface area contributed by atoms with Crippen LogP contribution in [0.1, 0.15) is 5.56 Å². The molecule has 1 atom stereocenters. The lowest BCUT2D eigenvalue weighted by molar-refractivity contribution is 0.229. The Morgan fingerprint density at radius 2 is 2.20 bits per heavy atom. The highest BCUT2D eigenvalue weighted by Gasteiger charge is 2.08. The van der Waals surface area contributed by atoms with E-state index in [0.29, 0.717) is 18.7 Å². The number of aliphatic hydroxyl groups excluding tert-OH is 1. The van der Waals surface area contributed by atoms with E-state index in [1.165, 1.54) is 7.11 Å². The van der Waals surface area contributed by atoms with Gasteiger partial charge in [-0.15, -0.1) is 0 Å². The molecule has 4 nitrogen and oxygen atoms in total. The minimum Gasteiger partial charge on any atom is -0.504 e. The summed E-state index contributed by atoms with van der Waals surface area (Å²) in [6.07, 6.45) is 0.657. The highest BCUT2D eigenvalue weighted by atomic mass is 16.5. The van der Waals surface area contributed by atoms with Gasteiger partial charge in [-0.3, -0.25) is 0 Å². The molecule has 1 rings (SSSR count). The van der Waals surface area contributed by atoms with Gasteiger partial charge in [0.05, 0.1) is 7.11 Å². The molecule has 0 heterocycles. The molecular formula is C11H17NO3. The van der Waals surface area contributed by atoms with Crippen LogP contribution in [0, 0.1) is 5.92 Å². The molecule has 4 N–H and O–H groups in total. The standard InChI is InChI=1S/C11H17NO3/c1-15-11-3-2-8(5-10(11)14)4-9(6-12)7-13/h2-3,5,9,13-14H,4,6-7,12H2,1H3/t9-/m0/s1. The molecule has 0 radical (unpaired) electrons. The molecule has 4 heteroatoms. The third-order valence-corrected chi connectivity index (χ3v) is 2.36. The fraction of sp³-hybridized carbons (Fsp3) is 0.455. The smallest absolute Gasteiger partial charge is 0.160 e. The number of aromatic hydroxyl groups is 1. The Hall–Kier alpha value is -1.26. The molecule has 0 amide bonds. The summed E-state index contributed by atoms with van der Waals surface area (Å²) in [5.41, 5.74) is 6.42. The number of methoxy groups -OCH3 is 1. The van der Waals surface area contributed by atoms with Gasteiger partial charge in [0, 0.05) is 6.61 Å². The van der Waals surface area contributed by atoms with E-state index in [1.54, 1.807) is 12.1 Å². The van der Waals surface area contributed by atoms with Crippen molar-refractivity contribution in [3.05, 3.63) is 23.8 Å². The number of rotatable bonds is 5. The van der Waals surface area contributed by atoms with Crippen LogP contribution in [0.2, 0.25) is 0 Å². The van der Waals surface area contributed by atoms with Crippen molar-refractivity contribution in [2.24, 2.45) is 11.7 Å². The number of hydrogen-bond acceptors (Lipinski definition) is 4. The summed E-state index contributed by atoms with van der Waals surface area (Å²) < 4.78 is 4.93. The van der Waals surface area contributed by atoms with Crippen LogP contribution in [-0.2, 0) is 6.42 Å². The van der Waals surface area contributed by atoms with Gasteiger partial charge in [0.15, 0.2) is 11.5 Å². The monoisotopic (exact) mass is 211 g/mol. The average Bonchev–Trinajstić information content (AvgIpc) is 2.26. The molecule has 0 aliphatic carbocycles. The van der Waals surface area contributed by atoms with Crippen LogP contribution in [0.15, 0.2) is 18.2 Å². The quantitative estimate of drug-likeness (QED) is 0.663. The Bertz CT molecular complexity index is 311. The second-order valence-corrected chi connectivity index (χ2v) is 3.49. The maximum Gasteiger partial charge on any atom is 0.160 e. The molecule has 0 unspecified atom stereocenters. The van der Waals surface area contributed by atoms with E-state index in [2.05, 4.69) is 0 Å². The van der Waals surface area contributed by atoms with E-state index >= 15 is 0 Å². The average molecular weight is 211 g/mol. The van der Waals surface area contributed by atoms with Crippen molar-refractivity contribution in [2.45, 2.75) is 6.42 Å². The van der Waals surface area contributed by atoms with Crippen LogP contribution in [0.25, 0.3) is 0 Å². The number of benzene rings is 1. The van der Waals surface area contributed by atoms with Gasteiger partial charge < -0.3 is 20.7 Å². The molecule has 0 saturated carbocycles. The molecule has 0 aliphatic heterocycles. The lowest BCUT2D eigenvalue weighted by atomic mass is 10.00. The molecule has 0 saturated heterocycles. The second kappa shape index (κ2) is 5.58. The van der Waals surface area contributed by atoms with E-state index in [1.807, 2.05) is 6.07 Å². The summed E-state index contributed by atoms with van der Waals surface area (Å²) in [6, 6.07) is 5.20. The van der Waals surface area contributed by atoms with E-state index in [-0.39, 0.29) is 18.3 Å². The topological polar surface area (TPSA) is 75.7 Å². The minimum atomic E-state index is 0.0396. The highest BCUT2D eigenvalue weighted by Crippen LogP contribution is 2.27. The normalized spacial score (nSPS) is 12.5. The first-order valence-corrected chi connectivity index (χ1v) is 4.88. The highest BCUT2D eigenvalue weighted by molar-refractivity contribution is 5.41. The van der Waals surface area contributed by atoms with Gasteiger partial charge in [0.2, 0.25) is 0 Å². The van der Waals surface area contributed by atoms with E-state index < -0.39 is 0 Å². The van der Waals surface area contributed by atoms with Crippen molar-refractivity contribution < 1.29 is 14.9 Å². The molecule has 15 heavy (non-hydrogen) atoms. The maximum atomic E-state index is 9.53. The van der Waals surface area contributed by atoms with Crippen molar-refractivity contribution in [2.75, 3.05) is 20.3 Å². The number of phenolic OH excluding ortho intramolecular Hbond substituents is 1. The summed E-state index contributed by atoms with van der Waals surface area (Å²) in [4.78, 5) is 0. The molecular weight excluding hydrogens is 194 g/mol. The maximum absolute atomic E-state index is 9.53. The van der Waals surface area contributed by atoms with E-state index in [9.17, 15) is 5.11 Å². The fourth-order valence-electron chi connectivity index (χ4n) is 1.42. The molecule has 1 aromatic carbocycles. The lowest BCUT2D eigenvalue weighted by Crippen LogP contribution is -2.20. The first kappa shape index (κ1) is 11.8. The van der Waals surface area contributed by atoms with Crippen molar-refractivity contribution in [1.29, 1.82) is 0 Å². The fourth-order valence-corrected chi connectivity index (χ4v) is 1.42. The van der Waals surface area contributed by atoms with Crippen molar-refractivity contribution in [3.63, 3.8) is 0 Å². The van der Waals surface area contributed by atoms with Gasteiger partial charge in [0.25, 0.3) is 0 Å². The van der Waals surface area contributed by atoms with Crippen molar-refractivity contribution in [1.82, 2.24) is 0 Å². The Kier molecular flexibility index (Phi) is 4.39. The van der Waals surface area contributed by atoms with Crippen LogP contribution in [0.5, 0.6) is 11.5 Å². The van der Waals surface area contributed by atoms with Crippen LogP contribution < -0.4 is 10.5 Å². The van der Waals surface area contributed by atoms with Crippen LogP contribution >= 0.6 is 0 Å². The third-order valence-electron chi connectivity index (χ3n) is 2.36. The minimum absolute atomic E-state index is 0.0396. The molecule has 0 bridgehead atoms. The predicted octanol–water partition coefficient (Wildman–Crippen LogP) is 0.511. The summed E-state index contributed by atoms with van der Waals surface area (Å²) >= 11 is 0. The van der Waals surface area contributed by atoms with Gasteiger partial charge in [0.1, 0.15) is 0 Å². The zero-order chi connectivity index (χ0) is 11.3. The SMILES string of the molecule is COc1ccc(C[C@@H](CN)CO)cc1O. The molecule has 0 aromatic heterocycles. The summed E-state index contributed by atoms with van der Waals surface area (Å²) in [6.45, 7) is 0.493. The molecule has 0 aliphatic rings. The first-order chi connectivity index (χ1) is 7.21. The number of phenols is 1. The number of aliphatic hydroxyl groups is 1. The zero-order valence-electron chi connectivity index (χ0n) is 8.81.